The van der Waals surface area contributed by atoms with Gasteiger partial charge in [-0.15, -0.1) is 6.58 Å². The highest BCUT2D eigenvalue weighted by molar-refractivity contribution is 9.10. The summed E-state index contributed by atoms with van der Waals surface area (Å²) in [6.45, 7) is 15.3. The lowest BCUT2D eigenvalue weighted by Crippen LogP contribution is -2.43. The number of hydrogen-bond acceptors (Lipinski definition) is 5. The van der Waals surface area contributed by atoms with Crippen molar-refractivity contribution in [1.29, 1.82) is 0 Å². The van der Waals surface area contributed by atoms with Gasteiger partial charge in [-0.3, -0.25) is 4.98 Å². The van der Waals surface area contributed by atoms with Crippen LogP contribution >= 0.6 is 15.9 Å². The number of para-hydroxylation sites is 1. The Morgan fingerprint density at radius 1 is 1.15 bits per heavy atom. The lowest BCUT2D eigenvalue weighted by atomic mass is 9.79. The Morgan fingerprint density at radius 2 is 1.88 bits per heavy atom. The first-order valence-corrected chi connectivity index (χ1v) is 11.8. The van der Waals surface area contributed by atoms with Gasteiger partial charge in [0.15, 0.2) is 0 Å². The number of ether oxygens (including phenoxy) is 1. The molecule has 3 aromatic heterocycles. The van der Waals surface area contributed by atoms with Crippen molar-refractivity contribution >= 4 is 43.7 Å². The first-order chi connectivity index (χ1) is 15.5. The Kier molecular flexibility index (Phi) is 6.05. The number of nitrogen functional groups attached to an aromatic ring is 1. The maximum atomic E-state index is 6.52. The van der Waals surface area contributed by atoms with E-state index in [-0.39, 0.29) is 17.1 Å². The van der Waals surface area contributed by atoms with Crippen molar-refractivity contribution < 1.29 is 4.74 Å². The van der Waals surface area contributed by atoms with Gasteiger partial charge >= 0.3 is 0 Å². The molecule has 1 atom stereocenters. The van der Waals surface area contributed by atoms with Crippen molar-refractivity contribution in [3.05, 3.63) is 60.1 Å². The fraction of sp³-hybridized carbons (Fsp3) is 0.346. The highest BCUT2D eigenvalue weighted by Crippen LogP contribution is 2.41. The van der Waals surface area contributed by atoms with E-state index in [2.05, 4.69) is 88.8 Å². The molecule has 0 amide bonds. The van der Waals surface area contributed by atoms with E-state index in [1.807, 2.05) is 30.5 Å². The van der Waals surface area contributed by atoms with Crippen molar-refractivity contribution in [2.45, 2.75) is 52.9 Å². The van der Waals surface area contributed by atoms with Crippen LogP contribution in [0.1, 0.15) is 34.6 Å². The van der Waals surface area contributed by atoms with Gasteiger partial charge in [-0.25, -0.2) is 9.97 Å². The third-order valence-corrected chi connectivity index (χ3v) is 7.39. The van der Waals surface area contributed by atoms with Crippen molar-refractivity contribution in [2.24, 2.45) is 5.41 Å². The van der Waals surface area contributed by atoms with Crippen LogP contribution in [0.2, 0.25) is 0 Å². The summed E-state index contributed by atoms with van der Waals surface area (Å²) in [7, 11) is 0. The second kappa shape index (κ2) is 8.54. The van der Waals surface area contributed by atoms with Gasteiger partial charge in [-0.1, -0.05) is 45.0 Å². The Labute approximate surface area is 203 Å². The Morgan fingerprint density at radius 3 is 2.58 bits per heavy atom. The summed E-state index contributed by atoms with van der Waals surface area (Å²) in [4.78, 5) is 13.5. The van der Waals surface area contributed by atoms with Gasteiger partial charge in [-0.2, -0.15) is 0 Å². The van der Waals surface area contributed by atoms with Crippen LogP contribution in [-0.4, -0.2) is 31.2 Å². The number of halogens is 1. The maximum absolute atomic E-state index is 6.52. The van der Waals surface area contributed by atoms with E-state index < -0.39 is 0 Å². The standard InChI is InChI=1S/C26H30BrN5O/c1-7-18(33-26(5,6)25(2,3)4)14-32-22(27)20(21-23(28)30-15-31-24(21)32)17-12-16-10-8-9-11-19(16)29-13-17/h7-13,15,18H,1,14H2,2-6H3,(H2,28,30,31)/t18-/m1/s1. The monoisotopic (exact) mass is 507 g/mol. The quantitative estimate of drug-likeness (QED) is 0.306. The predicted molar refractivity (Wildman–Crippen MR) is 139 cm³/mol. The van der Waals surface area contributed by atoms with E-state index in [9.17, 15) is 0 Å². The molecule has 0 aliphatic carbocycles. The molecule has 4 aromatic rings. The second-order valence-corrected chi connectivity index (χ2v) is 10.6. The molecule has 0 saturated carbocycles. The average Bonchev–Trinajstić information content (AvgIpc) is 3.04. The van der Waals surface area contributed by atoms with E-state index in [4.69, 9.17) is 10.5 Å². The number of pyridine rings is 1. The molecular formula is C26H30BrN5O. The van der Waals surface area contributed by atoms with Gasteiger partial charge in [0.05, 0.1) is 33.8 Å². The van der Waals surface area contributed by atoms with Crippen molar-refractivity contribution in [3.63, 3.8) is 0 Å². The zero-order chi connectivity index (χ0) is 24.0. The fourth-order valence-corrected chi connectivity index (χ4v) is 4.44. The van der Waals surface area contributed by atoms with Gasteiger partial charge in [0.25, 0.3) is 0 Å². The topological polar surface area (TPSA) is 78.9 Å². The van der Waals surface area contributed by atoms with Gasteiger partial charge in [0.1, 0.15) is 17.8 Å². The summed E-state index contributed by atoms with van der Waals surface area (Å²) in [5.41, 5.74) is 9.49. The third-order valence-electron chi connectivity index (χ3n) is 6.56. The number of benzene rings is 1. The van der Waals surface area contributed by atoms with Crippen LogP contribution in [0.25, 0.3) is 33.1 Å². The van der Waals surface area contributed by atoms with Crippen LogP contribution < -0.4 is 5.73 Å². The van der Waals surface area contributed by atoms with Gasteiger partial charge < -0.3 is 15.0 Å². The number of rotatable bonds is 6. The summed E-state index contributed by atoms with van der Waals surface area (Å²) in [5.74, 6) is 0.425. The molecule has 3 heterocycles. The molecule has 2 N–H and O–H groups in total. The number of aromatic nitrogens is 4. The molecule has 0 bridgehead atoms. The van der Waals surface area contributed by atoms with Gasteiger partial charge in [0.2, 0.25) is 0 Å². The van der Waals surface area contributed by atoms with Crippen LogP contribution in [0, 0.1) is 5.41 Å². The molecule has 0 spiro atoms. The number of nitrogens with zero attached hydrogens (tertiary/aromatic N) is 4. The highest BCUT2D eigenvalue weighted by Gasteiger charge is 2.36. The number of anilines is 1. The van der Waals surface area contributed by atoms with E-state index in [0.717, 1.165) is 37.7 Å². The maximum Gasteiger partial charge on any atom is 0.147 e. The third kappa shape index (κ3) is 4.27. The van der Waals surface area contributed by atoms with E-state index in [0.29, 0.717) is 12.4 Å². The average molecular weight is 508 g/mol. The number of nitrogens with two attached hydrogens (primary N) is 1. The minimum absolute atomic E-state index is 0.0429. The Bertz CT molecular complexity index is 1340. The van der Waals surface area contributed by atoms with E-state index >= 15 is 0 Å². The summed E-state index contributed by atoms with van der Waals surface area (Å²) < 4.78 is 9.44. The summed E-state index contributed by atoms with van der Waals surface area (Å²) >= 11 is 3.83. The molecule has 0 radical (unpaired) electrons. The predicted octanol–water partition coefficient (Wildman–Crippen LogP) is 6.39. The van der Waals surface area contributed by atoms with Crippen LogP contribution in [0.4, 0.5) is 5.82 Å². The Hall–Kier alpha value is -2.77. The first-order valence-electron chi connectivity index (χ1n) is 11.0. The molecular weight excluding hydrogens is 478 g/mol. The lowest BCUT2D eigenvalue weighted by Gasteiger charge is -2.41. The van der Waals surface area contributed by atoms with Crippen LogP contribution in [-0.2, 0) is 11.3 Å². The van der Waals surface area contributed by atoms with Gasteiger partial charge in [-0.05, 0) is 47.3 Å². The minimum Gasteiger partial charge on any atom is -0.383 e. The molecule has 33 heavy (non-hydrogen) atoms. The molecule has 7 heteroatoms. The molecule has 4 rings (SSSR count). The molecule has 6 nitrogen and oxygen atoms in total. The molecule has 0 saturated heterocycles. The van der Waals surface area contributed by atoms with Crippen molar-refractivity contribution in [1.82, 2.24) is 19.5 Å². The summed E-state index contributed by atoms with van der Waals surface area (Å²) in [5, 5.41) is 1.84. The Balaban J connectivity index is 1.84. The number of fused-ring (bicyclic) bond motifs is 2. The molecule has 0 aliphatic heterocycles. The summed E-state index contributed by atoms with van der Waals surface area (Å²) in [6, 6.07) is 10.2. The van der Waals surface area contributed by atoms with Crippen LogP contribution in [0.5, 0.6) is 0 Å². The molecule has 1 aromatic carbocycles. The zero-order valence-electron chi connectivity index (χ0n) is 19.8. The van der Waals surface area contributed by atoms with Crippen LogP contribution in [0.3, 0.4) is 0 Å². The smallest absolute Gasteiger partial charge is 0.147 e. The normalized spacial score (nSPS) is 13.5. The largest absolute Gasteiger partial charge is 0.383 e. The number of hydrogen-bond donors (Lipinski definition) is 1. The fourth-order valence-electron chi connectivity index (χ4n) is 3.70. The molecule has 172 valence electrons. The molecule has 0 unspecified atom stereocenters. The van der Waals surface area contributed by atoms with Crippen molar-refractivity contribution in [2.75, 3.05) is 5.73 Å². The second-order valence-electron chi connectivity index (χ2n) is 9.80. The van der Waals surface area contributed by atoms with E-state index in [1.54, 1.807) is 0 Å². The summed E-state index contributed by atoms with van der Waals surface area (Å²) in [6.07, 6.45) is 4.97. The molecule has 0 aliphatic rings. The lowest BCUT2D eigenvalue weighted by molar-refractivity contribution is -0.119. The van der Waals surface area contributed by atoms with Gasteiger partial charge in [0, 0.05) is 22.7 Å². The van der Waals surface area contributed by atoms with E-state index in [1.165, 1.54) is 6.33 Å². The SMILES string of the molecule is C=C[C@H](Cn1c(Br)c(-c2cnc3ccccc3c2)c2c(N)ncnc21)OC(C)(C)C(C)(C)C. The minimum atomic E-state index is -0.361. The highest BCUT2D eigenvalue weighted by atomic mass is 79.9. The zero-order valence-corrected chi connectivity index (χ0v) is 21.3. The van der Waals surface area contributed by atoms with Crippen molar-refractivity contribution in [3.8, 4) is 11.1 Å². The van der Waals surface area contributed by atoms with Crippen LogP contribution in [0.15, 0.2) is 60.1 Å². The molecule has 0 fully saturated rings. The first kappa shape index (κ1) is 23.4.